The van der Waals surface area contributed by atoms with E-state index in [1.807, 2.05) is 13.8 Å². The van der Waals surface area contributed by atoms with Gasteiger partial charge < -0.3 is 15.5 Å². The maximum atomic E-state index is 13.3. The first-order valence-electron chi connectivity index (χ1n) is 8.53. The first kappa shape index (κ1) is 18.4. The molecule has 24 heavy (non-hydrogen) atoms. The fourth-order valence-corrected chi connectivity index (χ4v) is 2.85. The topological polar surface area (TPSA) is 66.6 Å². The summed E-state index contributed by atoms with van der Waals surface area (Å²) in [5, 5.41) is 0. The Kier molecular flexibility index (Phi) is 6.31. The molecule has 0 bridgehead atoms. The maximum Gasteiger partial charge on any atom is 0.254 e. The molecule has 0 spiro atoms. The van der Waals surface area contributed by atoms with E-state index < -0.39 is 11.9 Å². The van der Waals surface area contributed by atoms with Crippen molar-refractivity contribution in [1.82, 2.24) is 9.80 Å². The Bertz CT molecular complexity index is 593. The molecule has 0 aromatic heterocycles. The first-order valence-corrected chi connectivity index (χ1v) is 8.53. The van der Waals surface area contributed by atoms with Gasteiger partial charge in [0.1, 0.15) is 5.82 Å². The van der Waals surface area contributed by atoms with Crippen LogP contribution in [0.5, 0.6) is 0 Å². The van der Waals surface area contributed by atoms with Crippen molar-refractivity contribution in [3.05, 3.63) is 35.6 Å². The Labute approximate surface area is 142 Å². The number of hydrogen-bond acceptors (Lipinski definition) is 3. The van der Waals surface area contributed by atoms with Crippen molar-refractivity contribution < 1.29 is 14.0 Å². The summed E-state index contributed by atoms with van der Waals surface area (Å²) in [4.78, 5) is 28.4. The van der Waals surface area contributed by atoms with E-state index in [1.54, 1.807) is 15.9 Å². The fourth-order valence-electron chi connectivity index (χ4n) is 2.85. The maximum absolute atomic E-state index is 13.3. The van der Waals surface area contributed by atoms with Crippen LogP contribution in [-0.2, 0) is 4.79 Å². The molecule has 1 heterocycles. The molecule has 2 N–H and O–H groups in total. The molecule has 1 saturated heterocycles. The van der Waals surface area contributed by atoms with Gasteiger partial charge >= 0.3 is 0 Å². The van der Waals surface area contributed by atoms with Gasteiger partial charge in [0.15, 0.2) is 0 Å². The zero-order valence-corrected chi connectivity index (χ0v) is 14.4. The molecule has 2 atom stereocenters. The second kappa shape index (κ2) is 8.24. The van der Waals surface area contributed by atoms with Crippen molar-refractivity contribution >= 4 is 11.8 Å². The summed E-state index contributed by atoms with van der Waals surface area (Å²) >= 11 is 0. The summed E-state index contributed by atoms with van der Waals surface area (Å²) in [6, 6.07) is 5.20. The molecule has 2 rings (SSSR count). The predicted molar refractivity (Wildman–Crippen MR) is 90.9 cm³/mol. The zero-order chi connectivity index (χ0) is 17.7. The van der Waals surface area contributed by atoms with Gasteiger partial charge in [0, 0.05) is 31.7 Å². The van der Waals surface area contributed by atoms with Gasteiger partial charge in [-0.15, -0.1) is 0 Å². The average Bonchev–Trinajstić information content (AvgIpc) is 2.85. The molecular weight excluding hydrogens is 309 g/mol. The number of halogens is 1. The molecule has 1 aromatic carbocycles. The Morgan fingerprint density at radius 3 is 2.54 bits per heavy atom. The van der Waals surface area contributed by atoms with E-state index in [0.717, 1.165) is 6.42 Å². The van der Waals surface area contributed by atoms with E-state index in [1.165, 1.54) is 18.2 Å². The molecule has 2 unspecified atom stereocenters. The van der Waals surface area contributed by atoms with Crippen LogP contribution in [0.25, 0.3) is 0 Å². The van der Waals surface area contributed by atoms with Gasteiger partial charge in [0.25, 0.3) is 5.91 Å². The average molecular weight is 335 g/mol. The second-order valence-electron chi connectivity index (χ2n) is 6.39. The predicted octanol–water partition coefficient (Wildman–Crippen LogP) is 1.87. The Morgan fingerprint density at radius 1 is 1.21 bits per heavy atom. The largest absolute Gasteiger partial charge is 0.339 e. The van der Waals surface area contributed by atoms with E-state index in [4.69, 9.17) is 5.73 Å². The van der Waals surface area contributed by atoms with Gasteiger partial charge in [-0.05, 0) is 30.5 Å². The highest BCUT2D eigenvalue weighted by molar-refractivity contribution is 5.94. The smallest absolute Gasteiger partial charge is 0.254 e. The Hall–Kier alpha value is -1.95. The van der Waals surface area contributed by atoms with Crippen LogP contribution < -0.4 is 5.73 Å². The fraction of sp³-hybridized carbons (Fsp3) is 0.556. The quantitative estimate of drug-likeness (QED) is 0.913. The van der Waals surface area contributed by atoms with Crippen LogP contribution in [0.3, 0.4) is 0 Å². The number of carbonyl (C=O) groups is 2. The summed E-state index contributed by atoms with van der Waals surface area (Å²) in [5.41, 5.74) is 6.38. The van der Waals surface area contributed by atoms with Crippen molar-refractivity contribution in [2.75, 3.05) is 26.2 Å². The van der Waals surface area contributed by atoms with Gasteiger partial charge in [-0.2, -0.15) is 0 Å². The number of nitrogens with two attached hydrogens (primary N) is 1. The van der Waals surface area contributed by atoms with Crippen LogP contribution in [0.1, 0.15) is 37.0 Å². The number of benzene rings is 1. The van der Waals surface area contributed by atoms with Crippen molar-refractivity contribution in [3.63, 3.8) is 0 Å². The third kappa shape index (κ3) is 4.32. The first-order chi connectivity index (χ1) is 11.4. The highest BCUT2D eigenvalue weighted by Crippen LogP contribution is 2.13. The summed E-state index contributed by atoms with van der Waals surface area (Å²) < 4.78 is 13.3. The molecule has 5 nitrogen and oxygen atoms in total. The second-order valence-corrected chi connectivity index (χ2v) is 6.39. The molecule has 0 aliphatic carbocycles. The minimum atomic E-state index is -0.500. The SMILES string of the molecule is CCC(C)C(N)C(=O)N1CCCN(C(=O)c2cccc(F)c2)CC1. The minimum absolute atomic E-state index is 0.0515. The van der Waals surface area contributed by atoms with Gasteiger partial charge in [-0.1, -0.05) is 26.3 Å². The lowest BCUT2D eigenvalue weighted by Crippen LogP contribution is -2.48. The molecule has 0 radical (unpaired) electrons. The summed E-state index contributed by atoms with van der Waals surface area (Å²) in [6.07, 6.45) is 1.55. The van der Waals surface area contributed by atoms with Gasteiger partial charge in [0.2, 0.25) is 5.91 Å². The van der Waals surface area contributed by atoms with Crippen LogP contribution in [0, 0.1) is 11.7 Å². The Morgan fingerprint density at radius 2 is 1.88 bits per heavy atom. The minimum Gasteiger partial charge on any atom is -0.339 e. The highest BCUT2D eigenvalue weighted by Gasteiger charge is 2.28. The molecule has 132 valence electrons. The van der Waals surface area contributed by atoms with E-state index in [2.05, 4.69) is 0 Å². The normalized spacial score (nSPS) is 18.0. The molecule has 1 aliphatic heterocycles. The number of carbonyl (C=O) groups excluding carboxylic acids is 2. The van der Waals surface area contributed by atoms with E-state index in [-0.39, 0.29) is 17.7 Å². The zero-order valence-electron chi connectivity index (χ0n) is 14.4. The van der Waals surface area contributed by atoms with Crippen molar-refractivity contribution in [3.8, 4) is 0 Å². The number of amides is 2. The van der Waals surface area contributed by atoms with Crippen LogP contribution in [0.2, 0.25) is 0 Å². The molecular formula is C18H26FN3O2. The van der Waals surface area contributed by atoms with Crippen molar-refractivity contribution in [2.45, 2.75) is 32.7 Å². The lowest BCUT2D eigenvalue weighted by atomic mass is 9.99. The van der Waals surface area contributed by atoms with Gasteiger partial charge in [-0.3, -0.25) is 9.59 Å². The van der Waals surface area contributed by atoms with E-state index in [9.17, 15) is 14.0 Å². The van der Waals surface area contributed by atoms with Crippen LogP contribution >= 0.6 is 0 Å². The molecule has 0 saturated carbocycles. The van der Waals surface area contributed by atoms with Crippen molar-refractivity contribution in [2.24, 2.45) is 11.7 Å². The monoisotopic (exact) mass is 335 g/mol. The van der Waals surface area contributed by atoms with Crippen molar-refractivity contribution in [1.29, 1.82) is 0 Å². The molecule has 6 heteroatoms. The molecule has 1 aromatic rings. The van der Waals surface area contributed by atoms with Crippen LogP contribution in [0.4, 0.5) is 4.39 Å². The molecule has 2 amide bonds. The Balaban J connectivity index is 2.00. The number of rotatable bonds is 4. The van der Waals surface area contributed by atoms with E-state index >= 15 is 0 Å². The van der Waals surface area contributed by atoms with Gasteiger partial charge in [-0.25, -0.2) is 4.39 Å². The standard InChI is InChI=1S/C18H26FN3O2/c1-3-13(2)16(20)18(24)22-9-5-8-21(10-11-22)17(23)14-6-4-7-15(19)12-14/h4,6-7,12-13,16H,3,5,8-11,20H2,1-2H3. The molecule has 1 aliphatic rings. The highest BCUT2D eigenvalue weighted by atomic mass is 19.1. The summed E-state index contributed by atoms with van der Waals surface area (Å²) in [5.74, 6) is -0.544. The van der Waals surface area contributed by atoms with Crippen LogP contribution in [-0.4, -0.2) is 53.8 Å². The summed E-state index contributed by atoms with van der Waals surface area (Å²) in [7, 11) is 0. The van der Waals surface area contributed by atoms with Gasteiger partial charge in [0.05, 0.1) is 6.04 Å². The lowest BCUT2D eigenvalue weighted by molar-refractivity contribution is -0.133. The number of nitrogens with zero attached hydrogens (tertiary/aromatic N) is 2. The number of hydrogen-bond donors (Lipinski definition) is 1. The lowest BCUT2D eigenvalue weighted by Gasteiger charge is -2.27. The third-order valence-corrected chi connectivity index (χ3v) is 4.71. The third-order valence-electron chi connectivity index (χ3n) is 4.71. The van der Waals surface area contributed by atoms with Crippen LogP contribution in [0.15, 0.2) is 24.3 Å². The van der Waals surface area contributed by atoms with E-state index in [0.29, 0.717) is 38.2 Å². The molecule has 1 fully saturated rings. The summed E-state index contributed by atoms with van der Waals surface area (Å²) in [6.45, 7) is 6.03.